The molecular formula is C15H19NO3S. The second kappa shape index (κ2) is 7.33. The van der Waals surface area contributed by atoms with Crippen LogP contribution in [0.25, 0.3) is 0 Å². The van der Waals surface area contributed by atoms with Crippen LogP contribution in [0, 0.1) is 0 Å². The van der Waals surface area contributed by atoms with E-state index < -0.39 is 12.0 Å². The second-order valence-corrected chi connectivity index (χ2v) is 6.25. The van der Waals surface area contributed by atoms with Gasteiger partial charge >= 0.3 is 5.97 Å². The van der Waals surface area contributed by atoms with Gasteiger partial charge in [-0.3, -0.25) is 4.79 Å². The zero-order chi connectivity index (χ0) is 14.4. The Morgan fingerprint density at radius 1 is 1.30 bits per heavy atom. The third kappa shape index (κ3) is 4.27. The van der Waals surface area contributed by atoms with E-state index in [2.05, 4.69) is 5.32 Å². The molecule has 1 fully saturated rings. The second-order valence-electron chi connectivity index (χ2n) is 4.94. The largest absolute Gasteiger partial charge is 0.480 e. The molecule has 0 aliphatic carbocycles. The van der Waals surface area contributed by atoms with Gasteiger partial charge in [-0.2, -0.15) is 0 Å². The summed E-state index contributed by atoms with van der Waals surface area (Å²) in [5.41, 5.74) is 0.913. The number of rotatable bonds is 5. The summed E-state index contributed by atoms with van der Waals surface area (Å²) >= 11 is 1.63. The molecule has 1 heterocycles. The van der Waals surface area contributed by atoms with E-state index in [9.17, 15) is 14.7 Å². The Morgan fingerprint density at radius 3 is 2.65 bits per heavy atom. The molecule has 5 heteroatoms. The van der Waals surface area contributed by atoms with Gasteiger partial charge in [-0.15, -0.1) is 11.8 Å². The predicted molar refractivity (Wildman–Crippen MR) is 79.8 cm³/mol. The number of thioether (sulfide) groups is 1. The van der Waals surface area contributed by atoms with E-state index in [0.717, 1.165) is 30.6 Å². The summed E-state index contributed by atoms with van der Waals surface area (Å²) in [6.45, 7) is 0. The highest BCUT2D eigenvalue weighted by Gasteiger charge is 2.26. The minimum absolute atomic E-state index is 0.0960. The minimum atomic E-state index is -0.983. The van der Waals surface area contributed by atoms with Gasteiger partial charge in [0.05, 0.1) is 5.25 Å². The molecule has 108 valence electrons. The van der Waals surface area contributed by atoms with Crippen LogP contribution in [-0.4, -0.2) is 34.0 Å². The Bertz CT molecular complexity index is 457. The number of carboxylic acids is 1. The lowest BCUT2D eigenvalue weighted by atomic mass is 10.1. The van der Waals surface area contributed by atoms with E-state index in [-0.39, 0.29) is 11.2 Å². The van der Waals surface area contributed by atoms with Crippen molar-refractivity contribution in [3.8, 4) is 0 Å². The lowest BCUT2D eigenvalue weighted by Crippen LogP contribution is -2.46. The number of hydrogen-bond donors (Lipinski definition) is 2. The fraction of sp³-hybridized carbons (Fsp3) is 0.467. The number of hydrogen-bond acceptors (Lipinski definition) is 3. The molecule has 1 unspecified atom stereocenters. The first-order chi connectivity index (χ1) is 9.66. The first-order valence-corrected chi connectivity index (χ1v) is 7.90. The number of aliphatic carboxylic acids is 1. The highest BCUT2D eigenvalue weighted by atomic mass is 32.2. The van der Waals surface area contributed by atoms with Gasteiger partial charge in [-0.1, -0.05) is 36.8 Å². The molecule has 1 aromatic rings. The summed E-state index contributed by atoms with van der Waals surface area (Å²) in [6.07, 6.45) is 3.34. The Balaban J connectivity index is 1.95. The number of amides is 1. The standard InChI is InChI=1S/C15H19NO3S/c17-14(13-8-4-5-9-20-13)16-12(15(18)19)10-11-6-2-1-3-7-11/h1-3,6-7,12-13H,4-5,8-10H2,(H,16,17)(H,18,19)/t12-,13?/m0/s1. The molecule has 2 rings (SSSR count). The van der Waals surface area contributed by atoms with Crippen LogP contribution in [-0.2, 0) is 16.0 Å². The predicted octanol–water partition coefficient (Wildman–Crippen LogP) is 2.08. The maximum atomic E-state index is 12.1. The summed E-state index contributed by atoms with van der Waals surface area (Å²) < 4.78 is 0. The van der Waals surface area contributed by atoms with Gasteiger partial charge in [-0.05, 0) is 24.2 Å². The molecule has 1 amide bonds. The quantitative estimate of drug-likeness (QED) is 0.872. The molecule has 0 spiro atoms. The average molecular weight is 293 g/mol. The van der Waals surface area contributed by atoms with Crippen molar-refractivity contribution in [1.29, 1.82) is 0 Å². The first kappa shape index (κ1) is 14.9. The molecular weight excluding hydrogens is 274 g/mol. The molecule has 20 heavy (non-hydrogen) atoms. The minimum Gasteiger partial charge on any atom is -0.480 e. The number of carbonyl (C=O) groups excluding carboxylic acids is 1. The van der Waals surface area contributed by atoms with Crippen LogP contribution in [0.15, 0.2) is 30.3 Å². The van der Waals surface area contributed by atoms with E-state index in [1.807, 2.05) is 30.3 Å². The molecule has 0 radical (unpaired) electrons. The molecule has 0 aromatic heterocycles. The van der Waals surface area contributed by atoms with Gasteiger partial charge in [0, 0.05) is 6.42 Å². The maximum Gasteiger partial charge on any atom is 0.326 e. The zero-order valence-corrected chi connectivity index (χ0v) is 12.1. The molecule has 0 saturated carbocycles. The van der Waals surface area contributed by atoms with Gasteiger partial charge in [-0.25, -0.2) is 4.79 Å². The third-order valence-electron chi connectivity index (χ3n) is 3.37. The monoisotopic (exact) mass is 293 g/mol. The van der Waals surface area contributed by atoms with Crippen molar-refractivity contribution in [3.05, 3.63) is 35.9 Å². The number of benzene rings is 1. The highest BCUT2D eigenvalue weighted by molar-refractivity contribution is 8.00. The zero-order valence-electron chi connectivity index (χ0n) is 11.2. The molecule has 2 atom stereocenters. The number of nitrogens with one attached hydrogen (secondary N) is 1. The summed E-state index contributed by atoms with van der Waals surface area (Å²) in [5.74, 6) is -0.143. The summed E-state index contributed by atoms with van der Waals surface area (Å²) in [4.78, 5) is 23.4. The van der Waals surface area contributed by atoms with E-state index in [0.29, 0.717) is 6.42 Å². The van der Waals surface area contributed by atoms with Crippen LogP contribution in [0.1, 0.15) is 24.8 Å². The number of carbonyl (C=O) groups is 2. The van der Waals surface area contributed by atoms with Gasteiger partial charge < -0.3 is 10.4 Å². The normalized spacial score (nSPS) is 20.1. The van der Waals surface area contributed by atoms with Crippen molar-refractivity contribution < 1.29 is 14.7 Å². The molecule has 1 aromatic carbocycles. The molecule has 1 aliphatic rings. The summed E-state index contributed by atoms with van der Waals surface area (Å²) in [7, 11) is 0. The highest BCUT2D eigenvalue weighted by Crippen LogP contribution is 2.25. The lowest BCUT2D eigenvalue weighted by molar-refractivity contribution is -0.141. The van der Waals surface area contributed by atoms with Gasteiger partial charge in [0.1, 0.15) is 6.04 Å². The smallest absolute Gasteiger partial charge is 0.326 e. The van der Waals surface area contributed by atoms with Gasteiger partial charge in [0.15, 0.2) is 0 Å². The topological polar surface area (TPSA) is 66.4 Å². The van der Waals surface area contributed by atoms with Crippen molar-refractivity contribution in [2.24, 2.45) is 0 Å². The lowest BCUT2D eigenvalue weighted by Gasteiger charge is -2.23. The molecule has 1 saturated heterocycles. The fourth-order valence-electron chi connectivity index (χ4n) is 2.26. The summed E-state index contributed by atoms with van der Waals surface area (Å²) in [6, 6.07) is 8.51. The molecule has 1 aliphatic heterocycles. The van der Waals surface area contributed by atoms with Crippen molar-refractivity contribution in [2.45, 2.75) is 37.0 Å². The fourth-order valence-corrected chi connectivity index (χ4v) is 3.47. The Hall–Kier alpha value is -1.49. The Labute approximate surface area is 123 Å². The average Bonchev–Trinajstić information content (AvgIpc) is 2.48. The van der Waals surface area contributed by atoms with Crippen LogP contribution >= 0.6 is 11.8 Å². The maximum absolute atomic E-state index is 12.1. The SMILES string of the molecule is O=C(N[C@@H](Cc1ccccc1)C(=O)O)C1CCCCS1. The molecule has 4 nitrogen and oxygen atoms in total. The molecule has 2 N–H and O–H groups in total. The van der Waals surface area contributed by atoms with Gasteiger partial charge in [0.25, 0.3) is 0 Å². The summed E-state index contributed by atoms with van der Waals surface area (Å²) in [5, 5.41) is 11.8. The van der Waals surface area contributed by atoms with Crippen LogP contribution < -0.4 is 5.32 Å². The van der Waals surface area contributed by atoms with Crippen molar-refractivity contribution in [2.75, 3.05) is 5.75 Å². The van der Waals surface area contributed by atoms with Crippen LogP contribution in [0.4, 0.5) is 0 Å². The third-order valence-corrected chi connectivity index (χ3v) is 4.75. The van der Waals surface area contributed by atoms with E-state index >= 15 is 0 Å². The van der Waals surface area contributed by atoms with Crippen molar-refractivity contribution in [3.63, 3.8) is 0 Å². The number of carboxylic acid groups (broad SMARTS) is 1. The van der Waals surface area contributed by atoms with Crippen LogP contribution in [0.2, 0.25) is 0 Å². The first-order valence-electron chi connectivity index (χ1n) is 6.85. The Morgan fingerprint density at radius 2 is 2.05 bits per heavy atom. The van der Waals surface area contributed by atoms with Crippen LogP contribution in [0.3, 0.4) is 0 Å². The van der Waals surface area contributed by atoms with E-state index in [1.165, 1.54) is 0 Å². The molecule has 0 bridgehead atoms. The van der Waals surface area contributed by atoms with Crippen molar-refractivity contribution in [1.82, 2.24) is 5.32 Å². The van der Waals surface area contributed by atoms with Crippen LogP contribution in [0.5, 0.6) is 0 Å². The van der Waals surface area contributed by atoms with E-state index in [1.54, 1.807) is 11.8 Å². The van der Waals surface area contributed by atoms with E-state index in [4.69, 9.17) is 0 Å². The Kier molecular flexibility index (Phi) is 5.47. The van der Waals surface area contributed by atoms with Crippen molar-refractivity contribution >= 4 is 23.6 Å². The van der Waals surface area contributed by atoms with Gasteiger partial charge in [0.2, 0.25) is 5.91 Å².